The van der Waals surface area contributed by atoms with Crippen LogP contribution in [-0.4, -0.2) is 49.8 Å². The summed E-state index contributed by atoms with van der Waals surface area (Å²) in [6.07, 6.45) is 2.85. The van der Waals surface area contributed by atoms with Crippen LogP contribution in [-0.2, 0) is 14.2 Å². The second-order valence-corrected chi connectivity index (χ2v) is 5.76. The minimum absolute atomic E-state index is 0.264. The maximum Gasteiger partial charge on any atom is 0.169 e. The topological polar surface area (TPSA) is 53.7 Å². The Hall–Kier alpha value is 0.190. The molecule has 0 radical (unpaired) electrons. The lowest BCUT2D eigenvalue weighted by molar-refractivity contribution is -0.176. The first-order chi connectivity index (χ1) is 7.76. The van der Waals surface area contributed by atoms with Gasteiger partial charge in [0.25, 0.3) is 0 Å². The molecule has 4 nitrogen and oxygen atoms in total. The number of methoxy groups -OCH3 is 1. The van der Waals surface area contributed by atoms with Crippen molar-refractivity contribution in [3.63, 3.8) is 0 Å². The second-order valence-electron chi connectivity index (χ2n) is 4.42. The van der Waals surface area contributed by atoms with Crippen LogP contribution in [0.1, 0.15) is 19.3 Å². The van der Waals surface area contributed by atoms with Gasteiger partial charge in [-0.15, -0.1) is 0 Å². The van der Waals surface area contributed by atoms with Crippen LogP contribution in [0.4, 0.5) is 0 Å². The Morgan fingerprint density at radius 3 is 2.88 bits per heavy atom. The Morgan fingerprint density at radius 1 is 1.44 bits per heavy atom. The number of hydrogen-bond acceptors (Lipinski definition) is 5. The molecule has 2 aliphatic rings. The maximum absolute atomic E-state index is 6.14. The third-order valence-electron chi connectivity index (χ3n) is 3.28. The van der Waals surface area contributed by atoms with Crippen molar-refractivity contribution in [2.75, 3.05) is 32.7 Å². The second kappa shape index (κ2) is 5.69. The smallest absolute Gasteiger partial charge is 0.169 e. The number of hydrogen-bond donors (Lipinski definition) is 1. The van der Waals surface area contributed by atoms with Gasteiger partial charge in [0.05, 0.1) is 19.8 Å². The highest BCUT2D eigenvalue weighted by Gasteiger charge is 2.44. The van der Waals surface area contributed by atoms with Crippen LogP contribution >= 0.6 is 11.8 Å². The van der Waals surface area contributed by atoms with Crippen molar-refractivity contribution in [2.24, 2.45) is 5.73 Å². The van der Waals surface area contributed by atoms with E-state index in [0.717, 1.165) is 44.8 Å². The molecule has 94 valence electrons. The Kier molecular flexibility index (Phi) is 4.49. The molecule has 0 aromatic carbocycles. The number of ether oxygens (including phenoxy) is 3. The molecule has 0 aromatic heterocycles. The highest BCUT2D eigenvalue weighted by Crippen LogP contribution is 2.39. The predicted octanol–water partition coefficient (Wildman–Crippen LogP) is 0.989. The summed E-state index contributed by atoms with van der Waals surface area (Å²) < 4.78 is 16.5. The van der Waals surface area contributed by atoms with Crippen LogP contribution < -0.4 is 5.73 Å². The lowest BCUT2D eigenvalue weighted by atomic mass is 9.90. The summed E-state index contributed by atoms with van der Waals surface area (Å²) in [4.78, 5) is 0. The molecule has 0 bridgehead atoms. The van der Waals surface area contributed by atoms with Gasteiger partial charge in [-0.2, -0.15) is 11.8 Å². The van der Waals surface area contributed by atoms with Gasteiger partial charge in [-0.1, -0.05) is 0 Å². The summed E-state index contributed by atoms with van der Waals surface area (Å²) in [5.41, 5.74) is 6.14. The van der Waals surface area contributed by atoms with Crippen molar-refractivity contribution < 1.29 is 14.2 Å². The summed E-state index contributed by atoms with van der Waals surface area (Å²) in [5, 5.41) is 0.432. The van der Waals surface area contributed by atoms with Gasteiger partial charge < -0.3 is 19.9 Å². The van der Waals surface area contributed by atoms with Gasteiger partial charge in [0.15, 0.2) is 5.79 Å². The lowest BCUT2D eigenvalue weighted by Crippen LogP contribution is -2.47. The summed E-state index contributed by atoms with van der Waals surface area (Å²) >= 11 is 1.88. The molecule has 0 amide bonds. The molecule has 2 fully saturated rings. The van der Waals surface area contributed by atoms with E-state index in [0.29, 0.717) is 5.25 Å². The van der Waals surface area contributed by atoms with Gasteiger partial charge in [-0.25, -0.2) is 0 Å². The van der Waals surface area contributed by atoms with Crippen LogP contribution in [0.15, 0.2) is 0 Å². The minimum atomic E-state index is -0.319. The van der Waals surface area contributed by atoms with E-state index in [1.54, 1.807) is 7.11 Å². The van der Waals surface area contributed by atoms with Crippen LogP contribution in [0.3, 0.4) is 0 Å². The normalized spacial score (nSPS) is 33.4. The molecule has 1 aliphatic carbocycles. The zero-order valence-electron chi connectivity index (χ0n) is 9.81. The summed E-state index contributed by atoms with van der Waals surface area (Å²) in [6.45, 7) is 2.23. The summed E-state index contributed by atoms with van der Waals surface area (Å²) in [5.74, 6) is 0.672. The van der Waals surface area contributed by atoms with Gasteiger partial charge in [-0.05, 0) is 6.42 Å². The van der Waals surface area contributed by atoms with Gasteiger partial charge in [-0.3, -0.25) is 0 Å². The van der Waals surface area contributed by atoms with E-state index in [1.165, 1.54) is 0 Å². The number of nitrogens with two attached hydrogens (primary N) is 1. The number of thioether (sulfide) groups is 1. The molecule has 1 spiro atoms. The molecular formula is C11H21NO3S. The fourth-order valence-electron chi connectivity index (χ4n) is 2.36. The molecule has 16 heavy (non-hydrogen) atoms. The van der Waals surface area contributed by atoms with Crippen LogP contribution in [0.25, 0.3) is 0 Å². The third-order valence-corrected chi connectivity index (χ3v) is 4.63. The Morgan fingerprint density at radius 2 is 2.19 bits per heavy atom. The molecule has 2 unspecified atom stereocenters. The Bertz CT molecular complexity index is 221. The average Bonchev–Trinajstić information content (AvgIpc) is 2.73. The lowest BCUT2D eigenvalue weighted by Gasteiger charge is -2.39. The van der Waals surface area contributed by atoms with Crippen molar-refractivity contribution in [3.8, 4) is 0 Å². The Labute approximate surface area is 101 Å². The first kappa shape index (κ1) is 12.6. The van der Waals surface area contributed by atoms with E-state index in [1.807, 2.05) is 11.8 Å². The molecule has 1 aliphatic heterocycles. The highest BCUT2D eigenvalue weighted by atomic mass is 32.2. The first-order valence-electron chi connectivity index (χ1n) is 5.90. The van der Waals surface area contributed by atoms with E-state index in [-0.39, 0.29) is 11.8 Å². The van der Waals surface area contributed by atoms with Crippen LogP contribution in [0.5, 0.6) is 0 Å². The average molecular weight is 247 g/mol. The van der Waals surface area contributed by atoms with Crippen molar-refractivity contribution in [1.82, 2.24) is 0 Å². The van der Waals surface area contributed by atoms with Gasteiger partial charge in [0.1, 0.15) is 0 Å². The molecule has 1 heterocycles. The molecule has 2 rings (SSSR count). The largest absolute Gasteiger partial charge is 0.384 e. The van der Waals surface area contributed by atoms with E-state index < -0.39 is 0 Å². The minimum Gasteiger partial charge on any atom is -0.384 e. The zero-order chi connectivity index (χ0) is 11.4. The van der Waals surface area contributed by atoms with Crippen molar-refractivity contribution >= 4 is 11.8 Å². The fraction of sp³-hybridized carbons (Fsp3) is 1.00. The van der Waals surface area contributed by atoms with Gasteiger partial charge in [0.2, 0.25) is 0 Å². The highest BCUT2D eigenvalue weighted by molar-refractivity contribution is 8.00. The monoisotopic (exact) mass is 247 g/mol. The summed E-state index contributed by atoms with van der Waals surface area (Å²) in [7, 11) is 1.73. The van der Waals surface area contributed by atoms with Gasteiger partial charge >= 0.3 is 0 Å². The standard InChI is InChI=1S/C11H21NO3S/c1-13-6-7-16-10-8-11(3-2-9(10)12)14-4-5-15-11/h9-10H,2-8,12H2,1H3. The fourth-order valence-corrected chi connectivity index (χ4v) is 3.68. The molecular weight excluding hydrogens is 226 g/mol. The van der Waals surface area contributed by atoms with Crippen LogP contribution in [0, 0.1) is 0 Å². The maximum atomic E-state index is 6.14. The molecule has 2 N–H and O–H groups in total. The molecule has 1 saturated heterocycles. The quantitative estimate of drug-likeness (QED) is 0.751. The van der Waals surface area contributed by atoms with Crippen molar-refractivity contribution in [2.45, 2.75) is 36.3 Å². The van der Waals surface area contributed by atoms with E-state index in [4.69, 9.17) is 19.9 Å². The molecule has 1 saturated carbocycles. The van der Waals surface area contributed by atoms with E-state index in [9.17, 15) is 0 Å². The summed E-state index contributed by atoms with van der Waals surface area (Å²) in [6, 6.07) is 0.264. The van der Waals surface area contributed by atoms with Crippen LogP contribution in [0.2, 0.25) is 0 Å². The SMILES string of the molecule is COCCSC1CC2(CCC1N)OCCO2. The first-order valence-corrected chi connectivity index (χ1v) is 6.95. The van der Waals surface area contributed by atoms with Crippen molar-refractivity contribution in [3.05, 3.63) is 0 Å². The molecule has 0 aromatic rings. The van der Waals surface area contributed by atoms with E-state index >= 15 is 0 Å². The predicted molar refractivity (Wildman–Crippen MR) is 64.6 cm³/mol. The third kappa shape index (κ3) is 2.90. The zero-order valence-corrected chi connectivity index (χ0v) is 10.6. The van der Waals surface area contributed by atoms with Crippen molar-refractivity contribution in [1.29, 1.82) is 0 Å². The Balaban J connectivity index is 1.84. The molecule has 2 atom stereocenters. The van der Waals surface area contributed by atoms with Gasteiger partial charge in [0, 0.05) is 37.0 Å². The number of rotatable bonds is 4. The van der Waals surface area contributed by atoms with E-state index in [2.05, 4.69) is 0 Å². The molecule has 5 heteroatoms.